The minimum Gasteiger partial charge on any atom is -0.298 e. The molecule has 1 saturated carbocycles. The maximum atomic E-state index is 11.2. The highest BCUT2D eigenvalue weighted by Gasteiger charge is 2.19. The second-order valence-corrected chi connectivity index (χ2v) is 5.32. The minimum atomic E-state index is 0.758. The zero-order chi connectivity index (χ0) is 13.0. The molecule has 0 radical (unpaired) electrons. The van der Waals surface area contributed by atoms with Crippen molar-refractivity contribution in [3.63, 3.8) is 0 Å². The molecule has 0 aromatic carbocycles. The average Bonchev–Trinajstić information content (AvgIpc) is 2.76. The first-order valence-corrected chi connectivity index (χ1v) is 7.33. The van der Waals surface area contributed by atoms with Crippen molar-refractivity contribution in [3.05, 3.63) is 17.0 Å². The van der Waals surface area contributed by atoms with E-state index in [4.69, 9.17) is 0 Å². The van der Waals surface area contributed by atoms with Crippen molar-refractivity contribution in [3.8, 4) is 0 Å². The van der Waals surface area contributed by atoms with Gasteiger partial charge in [0, 0.05) is 12.2 Å². The van der Waals surface area contributed by atoms with Crippen LogP contribution in [-0.4, -0.2) is 16.1 Å². The summed E-state index contributed by atoms with van der Waals surface area (Å²) in [4.78, 5) is 11.2. The first-order valence-electron chi connectivity index (χ1n) is 7.33. The first-order chi connectivity index (χ1) is 8.80. The van der Waals surface area contributed by atoms with Gasteiger partial charge in [0.25, 0.3) is 0 Å². The molecule has 3 heteroatoms. The molecular formula is C15H24N2O. The van der Waals surface area contributed by atoms with E-state index < -0.39 is 0 Å². The molecule has 1 aliphatic carbocycles. The third kappa shape index (κ3) is 2.65. The van der Waals surface area contributed by atoms with Crippen molar-refractivity contribution in [1.82, 2.24) is 9.78 Å². The van der Waals surface area contributed by atoms with Crippen molar-refractivity contribution in [2.75, 3.05) is 0 Å². The Morgan fingerprint density at radius 1 is 1.22 bits per heavy atom. The SMILES string of the molecule is CCc1nn(CC2CCCCC2)c(CC)c1C=O. The maximum absolute atomic E-state index is 11.2. The average molecular weight is 248 g/mol. The molecule has 2 rings (SSSR count). The lowest BCUT2D eigenvalue weighted by atomic mass is 9.89. The highest BCUT2D eigenvalue weighted by molar-refractivity contribution is 5.78. The van der Waals surface area contributed by atoms with Gasteiger partial charge in [-0.05, 0) is 31.6 Å². The van der Waals surface area contributed by atoms with Gasteiger partial charge < -0.3 is 0 Å². The summed E-state index contributed by atoms with van der Waals surface area (Å²) >= 11 is 0. The molecule has 0 atom stereocenters. The lowest BCUT2D eigenvalue weighted by Gasteiger charge is -2.22. The summed E-state index contributed by atoms with van der Waals surface area (Å²) in [7, 11) is 0. The largest absolute Gasteiger partial charge is 0.298 e. The Bertz CT molecular complexity index is 403. The monoisotopic (exact) mass is 248 g/mol. The van der Waals surface area contributed by atoms with Crippen LogP contribution < -0.4 is 0 Å². The van der Waals surface area contributed by atoms with E-state index in [-0.39, 0.29) is 0 Å². The lowest BCUT2D eigenvalue weighted by molar-refractivity contribution is 0.112. The summed E-state index contributed by atoms with van der Waals surface area (Å²) in [5, 5.41) is 4.65. The van der Waals surface area contributed by atoms with Crippen LogP contribution >= 0.6 is 0 Å². The van der Waals surface area contributed by atoms with Gasteiger partial charge in [0.05, 0.1) is 11.3 Å². The predicted molar refractivity (Wildman–Crippen MR) is 72.9 cm³/mol. The van der Waals surface area contributed by atoms with Crippen LogP contribution in [0.4, 0.5) is 0 Å². The molecule has 0 saturated heterocycles. The van der Waals surface area contributed by atoms with Gasteiger partial charge in [-0.2, -0.15) is 5.10 Å². The molecule has 1 heterocycles. The van der Waals surface area contributed by atoms with Crippen LogP contribution in [0.25, 0.3) is 0 Å². The topological polar surface area (TPSA) is 34.9 Å². The minimum absolute atomic E-state index is 0.758. The van der Waals surface area contributed by atoms with E-state index in [1.54, 1.807) is 0 Å². The molecule has 1 aliphatic rings. The van der Waals surface area contributed by atoms with Crippen LogP contribution in [0.3, 0.4) is 0 Å². The first kappa shape index (κ1) is 13.3. The van der Waals surface area contributed by atoms with Gasteiger partial charge in [-0.1, -0.05) is 33.1 Å². The van der Waals surface area contributed by atoms with Gasteiger partial charge in [-0.3, -0.25) is 9.48 Å². The molecule has 0 N–H and O–H groups in total. The molecule has 0 spiro atoms. The number of hydrogen-bond donors (Lipinski definition) is 0. The van der Waals surface area contributed by atoms with Crippen LogP contribution in [0, 0.1) is 5.92 Å². The van der Waals surface area contributed by atoms with Gasteiger partial charge >= 0.3 is 0 Å². The maximum Gasteiger partial charge on any atom is 0.153 e. The number of hydrogen-bond acceptors (Lipinski definition) is 2. The number of aldehydes is 1. The van der Waals surface area contributed by atoms with E-state index in [1.165, 1.54) is 32.1 Å². The number of aromatic nitrogens is 2. The van der Waals surface area contributed by atoms with Crippen LogP contribution in [0.5, 0.6) is 0 Å². The molecule has 3 nitrogen and oxygen atoms in total. The van der Waals surface area contributed by atoms with Crippen molar-refractivity contribution in [2.45, 2.75) is 65.3 Å². The summed E-state index contributed by atoms with van der Waals surface area (Å²) in [6.45, 7) is 5.19. The molecule has 1 fully saturated rings. The Hall–Kier alpha value is -1.12. The molecule has 0 unspecified atom stereocenters. The Morgan fingerprint density at radius 2 is 1.94 bits per heavy atom. The fourth-order valence-corrected chi connectivity index (χ4v) is 3.10. The zero-order valence-electron chi connectivity index (χ0n) is 11.6. The molecule has 1 aromatic heterocycles. The van der Waals surface area contributed by atoms with Crippen LogP contribution in [0.1, 0.15) is 67.7 Å². The van der Waals surface area contributed by atoms with Crippen LogP contribution in [0.15, 0.2) is 0 Å². The van der Waals surface area contributed by atoms with E-state index in [2.05, 4.69) is 23.6 Å². The Labute approximate surface area is 110 Å². The molecule has 0 bridgehead atoms. The fraction of sp³-hybridized carbons (Fsp3) is 0.733. The smallest absolute Gasteiger partial charge is 0.153 e. The third-order valence-electron chi connectivity index (χ3n) is 4.12. The Balaban J connectivity index is 2.20. The van der Waals surface area contributed by atoms with Crippen LogP contribution in [-0.2, 0) is 19.4 Å². The van der Waals surface area contributed by atoms with E-state index in [1.807, 2.05) is 0 Å². The van der Waals surface area contributed by atoms with Crippen LogP contribution in [0.2, 0.25) is 0 Å². The highest BCUT2D eigenvalue weighted by atomic mass is 16.1. The van der Waals surface area contributed by atoms with Gasteiger partial charge in [0.1, 0.15) is 0 Å². The van der Waals surface area contributed by atoms with E-state index in [0.717, 1.165) is 48.5 Å². The third-order valence-corrected chi connectivity index (χ3v) is 4.12. The molecule has 18 heavy (non-hydrogen) atoms. The summed E-state index contributed by atoms with van der Waals surface area (Å²) in [5.41, 5.74) is 2.95. The normalized spacial score (nSPS) is 17.0. The summed E-state index contributed by atoms with van der Waals surface area (Å²) in [6, 6.07) is 0. The van der Waals surface area contributed by atoms with Gasteiger partial charge in [0.2, 0.25) is 0 Å². The molecule has 0 aliphatic heterocycles. The summed E-state index contributed by atoms with van der Waals surface area (Å²) in [6.07, 6.45) is 9.47. The number of rotatable bonds is 5. The summed E-state index contributed by atoms with van der Waals surface area (Å²) < 4.78 is 2.11. The number of nitrogens with zero attached hydrogens (tertiary/aromatic N) is 2. The number of aryl methyl sites for hydroxylation is 1. The molecular weight excluding hydrogens is 224 g/mol. The standard InChI is InChI=1S/C15H24N2O/c1-3-14-13(11-18)15(4-2)17(16-14)10-12-8-6-5-7-9-12/h11-12H,3-10H2,1-2H3. The zero-order valence-corrected chi connectivity index (χ0v) is 11.6. The molecule has 0 amide bonds. The number of carbonyl (C=O) groups excluding carboxylic acids is 1. The highest BCUT2D eigenvalue weighted by Crippen LogP contribution is 2.26. The Morgan fingerprint density at radius 3 is 2.50 bits per heavy atom. The van der Waals surface area contributed by atoms with Gasteiger partial charge in [-0.15, -0.1) is 0 Å². The Kier molecular flexibility index (Phi) is 4.56. The predicted octanol–water partition coefficient (Wildman–Crippen LogP) is 3.40. The fourth-order valence-electron chi connectivity index (χ4n) is 3.10. The number of carbonyl (C=O) groups is 1. The second-order valence-electron chi connectivity index (χ2n) is 5.32. The van der Waals surface area contributed by atoms with E-state index in [9.17, 15) is 4.79 Å². The summed E-state index contributed by atoms with van der Waals surface area (Å²) in [5.74, 6) is 0.758. The molecule has 1 aromatic rings. The molecule has 100 valence electrons. The van der Waals surface area contributed by atoms with Crippen molar-refractivity contribution >= 4 is 6.29 Å². The van der Waals surface area contributed by atoms with E-state index >= 15 is 0 Å². The van der Waals surface area contributed by atoms with Gasteiger partial charge in [0.15, 0.2) is 6.29 Å². The van der Waals surface area contributed by atoms with Crippen molar-refractivity contribution in [1.29, 1.82) is 0 Å². The van der Waals surface area contributed by atoms with Gasteiger partial charge in [-0.25, -0.2) is 0 Å². The lowest BCUT2D eigenvalue weighted by Crippen LogP contribution is -2.17. The van der Waals surface area contributed by atoms with Crippen molar-refractivity contribution < 1.29 is 4.79 Å². The quantitative estimate of drug-likeness (QED) is 0.748. The second kappa shape index (κ2) is 6.17. The van der Waals surface area contributed by atoms with Crippen molar-refractivity contribution in [2.24, 2.45) is 5.92 Å². The van der Waals surface area contributed by atoms with E-state index in [0.29, 0.717) is 0 Å².